The van der Waals surface area contributed by atoms with Crippen molar-refractivity contribution in [1.29, 1.82) is 5.41 Å². The normalized spacial score (nSPS) is 10.6. The molecule has 1 aromatic carbocycles. The zero-order chi connectivity index (χ0) is 14.1. The minimum absolute atomic E-state index is 0.210. The Morgan fingerprint density at radius 1 is 1.47 bits per heavy atom. The molecule has 0 aliphatic rings. The SMILES string of the molecule is CCOC(=O)C(=N)/N=C/CCCc1ccccc1F. The van der Waals surface area contributed by atoms with E-state index in [0.29, 0.717) is 24.8 Å². The largest absolute Gasteiger partial charge is 0.460 e. The molecule has 0 aliphatic carbocycles. The maximum atomic E-state index is 13.3. The number of esters is 1. The van der Waals surface area contributed by atoms with Gasteiger partial charge in [0.05, 0.1) is 6.61 Å². The third kappa shape index (κ3) is 5.42. The molecule has 4 nitrogen and oxygen atoms in total. The number of nitrogens with one attached hydrogen (secondary N) is 1. The molecule has 0 amide bonds. The van der Waals surface area contributed by atoms with Crippen LogP contribution in [0.2, 0.25) is 0 Å². The number of amidine groups is 1. The zero-order valence-electron chi connectivity index (χ0n) is 10.9. The van der Waals surface area contributed by atoms with Crippen molar-refractivity contribution in [3.05, 3.63) is 35.6 Å². The van der Waals surface area contributed by atoms with Crippen LogP contribution in [0.4, 0.5) is 4.39 Å². The number of nitrogens with zero attached hydrogens (tertiary/aromatic N) is 1. The Kier molecular flexibility index (Phi) is 6.43. The number of carbonyl (C=O) groups excluding carboxylic acids is 1. The van der Waals surface area contributed by atoms with Gasteiger partial charge in [-0.3, -0.25) is 5.41 Å². The van der Waals surface area contributed by atoms with E-state index >= 15 is 0 Å². The van der Waals surface area contributed by atoms with Crippen molar-refractivity contribution in [2.45, 2.75) is 26.2 Å². The number of hydrogen-bond acceptors (Lipinski definition) is 3. The number of rotatable bonds is 5. The summed E-state index contributed by atoms with van der Waals surface area (Å²) in [4.78, 5) is 14.7. The van der Waals surface area contributed by atoms with Gasteiger partial charge in [-0.15, -0.1) is 0 Å². The predicted octanol–water partition coefficient (Wildman–Crippen LogP) is 2.76. The number of aliphatic imine (C=N–C) groups is 1. The van der Waals surface area contributed by atoms with Gasteiger partial charge in [0.25, 0.3) is 0 Å². The molecule has 0 fully saturated rings. The monoisotopic (exact) mass is 264 g/mol. The minimum atomic E-state index is -0.729. The molecule has 0 heterocycles. The van der Waals surface area contributed by atoms with Gasteiger partial charge in [-0.25, -0.2) is 14.2 Å². The van der Waals surface area contributed by atoms with Gasteiger partial charge in [0.1, 0.15) is 5.82 Å². The lowest BCUT2D eigenvalue weighted by atomic mass is 10.1. The topological polar surface area (TPSA) is 62.5 Å². The summed E-state index contributed by atoms with van der Waals surface area (Å²) in [6.07, 6.45) is 3.38. The fraction of sp³-hybridized carbons (Fsp3) is 0.357. The fourth-order valence-corrected chi connectivity index (χ4v) is 1.49. The number of ether oxygens (including phenoxy) is 1. The highest BCUT2D eigenvalue weighted by Crippen LogP contribution is 2.09. The molecule has 1 rings (SSSR count). The number of unbranched alkanes of at least 4 members (excludes halogenated alkanes) is 1. The number of aryl methyl sites for hydroxylation is 1. The smallest absolute Gasteiger partial charge is 0.375 e. The van der Waals surface area contributed by atoms with Crippen LogP contribution >= 0.6 is 0 Å². The molecule has 5 heteroatoms. The molecule has 0 spiro atoms. The molecule has 0 aliphatic heterocycles. The fourth-order valence-electron chi connectivity index (χ4n) is 1.49. The van der Waals surface area contributed by atoms with Crippen LogP contribution in [0.1, 0.15) is 25.3 Å². The van der Waals surface area contributed by atoms with E-state index in [-0.39, 0.29) is 12.4 Å². The van der Waals surface area contributed by atoms with E-state index in [1.165, 1.54) is 12.3 Å². The second kappa shape index (κ2) is 8.13. The van der Waals surface area contributed by atoms with E-state index in [0.717, 1.165) is 0 Å². The van der Waals surface area contributed by atoms with Gasteiger partial charge >= 0.3 is 5.97 Å². The Hall–Kier alpha value is -2.04. The lowest BCUT2D eigenvalue weighted by Gasteiger charge is -2.00. The maximum Gasteiger partial charge on any atom is 0.375 e. The van der Waals surface area contributed by atoms with E-state index in [1.54, 1.807) is 25.1 Å². The van der Waals surface area contributed by atoms with Crippen LogP contribution in [0.25, 0.3) is 0 Å². The summed E-state index contributed by atoms with van der Waals surface area (Å²) in [6.45, 7) is 1.90. The molecule has 0 saturated heterocycles. The third-order valence-corrected chi connectivity index (χ3v) is 2.43. The summed E-state index contributed by atoms with van der Waals surface area (Å²) in [7, 11) is 0. The van der Waals surface area contributed by atoms with Gasteiger partial charge in [0.15, 0.2) is 0 Å². The summed E-state index contributed by atoms with van der Waals surface area (Å²) < 4.78 is 17.9. The summed E-state index contributed by atoms with van der Waals surface area (Å²) in [6, 6.07) is 6.62. The second-order valence-corrected chi connectivity index (χ2v) is 3.86. The highest BCUT2D eigenvalue weighted by atomic mass is 19.1. The van der Waals surface area contributed by atoms with Gasteiger partial charge in [-0.1, -0.05) is 18.2 Å². The average Bonchev–Trinajstić information content (AvgIpc) is 2.40. The molecule has 0 radical (unpaired) electrons. The van der Waals surface area contributed by atoms with E-state index in [1.807, 2.05) is 0 Å². The molecule has 1 aromatic rings. The van der Waals surface area contributed by atoms with Crippen LogP contribution in [-0.2, 0) is 16.0 Å². The van der Waals surface area contributed by atoms with Crippen LogP contribution in [0.3, 0.4) is 0 Å². The summed E-state index contributed by atoms with van der Waals surface area (Å²) >= 11 is 0. The average molecular weight is 264 g/mol. The summed E-state index contributed by atoms with van der Waals surface area (Å²) in [5, 5.41) is 7.30. The van der Waals surface area contributed by atoms with E-state index < -0.39 is 11.8 Å². The Labute approximate surface area is 111 Å². The molecule has 0 atom stereocenters. The number of benzene rings is 1. The lowest BCUT2D eigenvalue weighted by Crippen LogP contribution is -2.14. The highest BCUT2D eigenvalue weighted by Gasteiger charge is 2.07. The van der Waals surface area contributed by atoms with Crippen LogP contribution in [0.15, 0.2) is 29.3 Å². The van der Waals surface area contributed by atoms with Crippen LogP contribution in [-0.4, -0.2) is 24.6 Å². The Morgan fingerprint density at radius 2 is 2.21 bits per heavy atom. The molecule has 0 unspecified atom stereocenters. The van der Waals surface area contributed by atoms with Crippen LogP contribution in [0, 0.1) is 11.2 Å². The highest BCUT2D eigenvalue weighted by molar-refractivity contribution is 6.35. The molecule has 1 N–H and O–H groups in total. The van der Waals surface area contributed by atoms with Crippen molar-refractivity contribution in [3.8, 4) is 0 Å². The maximum absolute atomic E-state index is 13.3. The first-order valence-electron chi connectivity index (χ1n) is 6.16. The van der Waals surface area contributed by atoms with Gasteiger partial charge in [-0.05, 0) is 37.8 Å². The Morgan fingerprint density at radius 3 is 2.89 bits per heavy atom. The van der Waals surface area contributed by atoms with E-state index in [9.17, 15) is 9.18 Å². The molecule has 19 heavy (non-hydrogen) atoms. The molecule has 0 bridgehead atoms. The summed E-state index contributed by atoms with van der Waals surface area (Å²) in [5.74, 6) is -1.35. The Balaban J connectivity index is 2.29. The number of halogens is 1. The van der Waals surface area contributed by atoms with Crippen molar-refractivity contribution in [2.75, 3.05) is 6.61 Å². The van der Waals surface area contributed by atoms with Crippen LogP contribution in [0.5, 0.6) is 0 Å². The van der Waals surface area contributed by atoms with Gasteiger partial charge in [0.2, 0.25) is 5.84 Å². The standard InChI is InChI=1S/C14H17FN2O2/c1-2-19-14(18)13(16)17-10-6-5-8-11-7-3-4-9-12(11)15/h3-4,7,9-10,16H,2,5-6,8H2,1H3/b16-13?,17-10+. The first-order valence-corrected chi connectivity index (χ1v) is 6.16. The van der Waals surface area contributed by atoms with Gasteiger partial charge < -0.3 is 4.74 Å². The number of hydrogen-bond donors (Lipinski definition) is 1. The van der Waals surface area contributed by atoms with Crippen molar-refractivity contribution < 1.29 is 13.9 Å². The molecule has 102 valence electrons. The zero-order valence-corrected chi connectivity index (χ0v) is 10.9. The second-order valence-electron chi connectivity index (χ2n) is 3.86. The quantitative estimate of drug-likeness (QED) is 0.384. The van der Waals surface area contributed by atoms with Crippen molar-refractivity contribution in [2.24, 2.45) is 4.99 Å². The molecular formula is C14H17FN2O2. The first-order chi connectivity index (χ1) is 9.15. The van der Waals surface area contributed by atoms with Crippen molar-refractivity contribution >= 4 is 18.0 Å². The molecular weight excluding hydrogens is 247 g/mol. The first kappa shape index (κ1) is 15.0. The summed E-state index contributed by atoms with van der Waals surface area (Å²) in [5.41, 5.74) is 0.663. The van der Waals surface area contributed by atoms with Gasteiger partial charge in [0, 0.05) is 6.21 Å². The molecule has 0 saturated carbocycles. The number of carbonyl (C=O) groups is 1. The van der Waals surface area contributed by atoms with E-state index in [4.69, 9.17) is 5.41 Å². The Bertz CT molecular complexity index is 472. The third-order valence-electron chi connectivity index (χ3n) is 2.43. The van der Waals surface area contributed by atoms with E-state index in [2.05, 4.69) is 9.73 Å². The van der Waals surface area contributed by atoms with Crippen LogP contribution < -0.4 is 0 Å². The molecule has 0 aromatic heterocycles. The van der Waals surface area contributed by atoms with Crippen molar-refractivity contribution in [1.82, 2.24) is 0 Å². The van der Waals surface area contributed by atoms with Crippen molar-refractivity contribution in [3.63, 3.8) is 0 Å². The predicted molar refractivity (Wildman–Crippen MR) is 72.2 cm³/mol. The minimum Gasteiger partial charge on any atom is -0.460 e. The lowest BCUT2D eigenvalue weighted by molar-refractivity contribution is -0.135. The van der Waals surface area contributed by atoms with Gasteiger partial charge in [-0.2, -0.15) is 0 Å².